The molecule has 0 radical (unpaired) electrons. The first-order valence-corrected chi connectivity index (χ1v) is 13.6. The van der Waals surface area contributed by atoms with E-state index in [0.29, 0.717) is 50.5 Å². The molecule has 1 aliphatic heterocycles. The fourth-order valence-corrected chi connectivity index (χ4v) is 4.87. The standard InChI is InChI=1S/C32H38N2O4/c1-3-37-28-18-16-26(17-19-28)23-31(35)34-21-11-5-10-20-33(2)32(36)29-14-8-9-15-30(29)38-24-27(34)22-25-12-6-4-7-13-25/h4,6-9,12-19,27H,3,5,10-11,20-24H2,1-2H3/t27-/m0/s1. The van der Waals surface area contributed by atoms with E-state index in [4.69, 9.17) is 9.47 Å². The molecular weight excluding hydrogens is 476 g/mol. The Labute approximate surface area is 226 Å². The Hall–Kier alpha value is -3.80. The highest BCUT2D eigenvalue weighted by molar-refractivity contribution is 5.96. The summed E-state index contributed by atoms with van der Waals surface area (Å²) in [6.45, 7) is 4.18. The van der Waals surface area contributed by atoms with Gasteiger partial charge in [-0.2, -0.15) is 0 Å². The number of rotatable bonds is 6. The second-order valence-electron chi connectivity index (χ2n) is 9.78. The smallest absolute Gasteiger partial charge is 0.257 e. The molecule has 1 heterocycles. The Bertz CT molecular complexity index is 1180. The SMILES string of the molecule is CCOc1ccc(CC(=O)N2CCCCCN(C)C(=O)c3ccccc3OC[C@@H]2Cc2ccccc2)cc1. The molecule has 3 aromatic rings. The Morgan fingerprint density at radius 2 is 1.61 bits per heavy atom. The highest BCUT2D eigenvalue weighted by Crippen LogP contribution is 2.23. The third-order valence-corrected chi connectivity index (χ3v) is 6.95. The van der Waals surface area contributed by atoms with E-state index in [0.717, 1.165) is 36.1 Å². The van der Waals surface area contributed by atoms with E-state index < -0.39 is 0 Å². The average molecular weight is 515 g/mol. The van der Waals surface area contributed by atoms with Gasteiger partial charge in [0.05, 0.1) is 24.6 Å². The molecule has 4 rings (SSSR count). The predicted molar refractivity (Wildman–Crippen MR) is 150 cm³/mol. The molecule has 200 valence electrons. The molecule has 0 unspecified atom stereocenters. The summed E-state index contributed by atoms with van der Waals surface area (Å²) in [6, 6.07) is 25.2. The van der Waals surface area contributed by atoms with Crippen LogP contribution in [0.5, 0.6) is 11.5 Å². The zero-order chi connectivity index (χ0) is 26.7. The van der Waals surface area contributed by atoms with Crippen LogP contribution in [0, 0.1) is 0 Å². The van der Waals surface area contributed by atoms with Gasteiger partial charge in [0, 0.05) is 20.1 Å². The van der Waals surface area contributed by atoms with E-state index in [-0.39, 0.29) is 17.9 Å². The van der Waals surface area contributed by atoms with Gasteiger partial charge in [0.25, 0.3) is 5.91 Å². The number of benzene rings is 3. The van der Waals surface area contributed by atoms with E-state index in [1.165, 1.54) is 0 Å². The maximum atomic E-state index is 13.8. The molecule has 1 aliphatic rings. The lowest BCUT2D eigenvalue weighted by Crippen LogP contribution is -2.46. The van der Waals surface area contributed by atoms with Crippen molar-refractivity contribution in [2.45, 2.75) is 45.1 Å². The van der Waals surface area contributed by atoms with Crippen molar-refractivity contribution in [3.63, 3.8) is 0 Å². The fraction of sp³-hybridized carbons (Fsp3) is 0.375. The summed E-state index contributed by atoms with van der Waals surface area (Å²) in [4.78, 5) is 30.7. The topological polar surface area (TPSA) is 59.1 Å². The largest absolute Gasteiger partial charge is 0.494 e. The lowest BCUT2D eigenvalue weighted by atomic mass is 10.0. The summed E-state index contributed by atoms with van der Waals surface area (Å²) in [7, 11) is 1.84. The lowest BCUT2D eigenvalue weighted by molar-refractivity contribution is -0.133. The third kappa shape index (κ3) is 7.37. The zero-order valence-electron chi connectivity index (χ0n) is 22.5. The fourth-order valence-electron chi connectivity index (χ4n) is 4.87. The van der Waals surface area contributed by atoms with Gasteiger partial charge >= 0.3 is 0 Å². The molecule has 0 spiro atoms. The number of carbonyl (C=O) groups excluding carboxylic acids is 2. The van der Waals surface area contributed by atoms with Gasteiger partial charge in [0.2, 0.25) is 5.91 Å². The van der Waals surface area contributed by atoms with Gasteiger partial charge in [-0.3, -0.25) is 9.59 Å². The molecule has 0 saturated heterocycles. The zero-order valence-corrected chi connectivity index (χ0v) is 22.5. The van der Waals surface area contributed by atoms with Crippen molar-refractivity contribution in [3.8, 4) is 11.5 Å². The van der Waals surface area contributed by atoms with Gasteiger partial charge in [0.1, 0.15) is 18.1 Å². The Morgan fingerprint density at radius 1 is 0.895 bits per heavy atom. The first-order chi connectivity index (χ1) is 18.5. The first-order valence-electron chi connectivity index (χ1n) is 13.6. The summed E-state index contributed by atoms with van der Waals surface area (Å²) in [6.07, 6.45) is 3.68. The molecule has 0 bridgehead atoms. The Morgan fingerprint density at radius 3 is 2.37 bits per heavy atom. The molecule has 1 atom stereocenters. The molecular formula is C32H38N2O4. The maximum absolute atomic E-state index is 13.8. The van der Waals surface area contributed by atoms with Crippen molar-refractivity contribution >= 4 is 11.8 Å². The van der Waals surface area contributed by atoms with Gasteiger partial charge in [0.15, 0.2) is 0 Å². The molecule has 38 heavy (non-hydrogen) atoms. The van der Waals surface area contributed by atoms with Crippen molar-refractivity contribution in [1.82, 2.24) is 9.80 Å². The van der Waals surface area contributed by atoms with Crippen molar-refractivity contribution < 1.29 is 19.1 Å². The van der Waals surface area contributed by atoms with E-state index in [2.05, 4.69) is 12.1 Å². The van der Waals surface area contributed by atoms with Crippen molar-refractivity contribution in [1.29, 1.82) is 0 Å². The molecule has 0 N–H and O–H groups in total. The lowest BCUT2D eigenvalue weighted by Gasteiger charge is -2.32. The third-order valence-electron chi connectivity index (χ3n) is 6.95. The number of carbonyl (C=O) groups is 2. The minimum atomic E-state index is -0.172. The van der Waals surface area contributed by atoms with Crippen LogP contribution in [0.15, 0.2) is 78.9 Å². The summed E-state index contributed by atoms with van der Waals surface area (Å²) in [5.74, 6) is 1.40. The average Bonchev–Trinajstić information content (AvgIpc) is 2.95. The molecule has 2 amide bonds. The highest BCUT2D eigenvalue weighted by Gasteiger charge is 2.26. The van der Waals surface area contributed by atoms with Crippen LogP contribution in [0.25, 0.3) is 0 Å². The summed E-state index contributed by atoms with van der Waals surface area (Å²) in [5.41, 5.74) is 2.66. The predicted octanol–water partition coefficient (Wildman–Crippen LogP) is 5.40. The monoisotopic (exact) mass is 514 g/mol. The van der Waals surface area contributed by atoms with E-state index in [1.807, 2.05) is 85.6 Å². The minimum Gasteiger partial charge on any atom is -0.494 e. The second kappa shape index (κ2) is 13.7. The molecule has 6 heteroatoms. The molecule has 6 nitrogen and oxygen atoms in total. The van der Waals surface area contributed by atoms with Crippen molar-refractivity contribution in [2.24, 2.45) is 0 Å². The number of para-hydroxylation sites is 1. The minimum absolute atomic E-state index is 0.0390. The molecule has 0 aliphatic carbocycles. The van der Waals surface area contributed by atoms with E-state index in [9.17, 15) is 9.59 Å². The summed E-state index contributed by atoms with van der Waals surface area (Å²) >= 11 is 0. The van der Waals surface area contributed by atoms with Crippen LogP contribution in [-0.4, -0.2) is 61.0 Å². The number of hydrogen-bond donors (Lipinski definition) is 0. The van der Waals surface area contributed by atoms with Crippen molar-refractivity contribution in [2.75, 3.05) is 33.4 Å². The molecule has 0 saturated carbocycles. The Kier molecular flexibility index (Phi) is 9.79. The second-order valence-corrected chi connectivity index (χ2v) is 9.78. The van der Waals surface area contributed by atoms with Crippen molar-refractivity contribution in [3.05, 3.63) is 95.6 Å². The van der Waals surface area contributed by atoms with Gasteiger partial charge in [-0.05, 0) is 68.0 Å². The van der Waals surface area contributed by atoms with Crippen LogP contribution in [0.1, 0.15) is 47.7 Å². The van der Waals surface area contributed by atoms with Gasteiger partial charge < -0.3 is 19.3 Å². The number of amides is 2. The maximum Gasteiger partial charge on any atom is 0.257 e. The molecule has 0 aromatic heterocycles. The van der Waals surface area contributed by atoms with Gasteiger partial charge in [-0.1, -0.05) is 54.6 Å². The summed E-state index contributed by atoms with van der Waals surface area (Å²) in [5, 5.41) is 0. The van der Waals surface area contributed by atoms with Gasteiger partial charge in [-0.25, -0.2) is 0 Å². The number of ether oxygens (including phenoxy) is 2. The van der Waals surface area contributed by atoms with Crippen LogP contribution in [-0.2, 0) is 17.6 Å². The first kappa shape index (κ1) is 27.2. The number of nitrogens with zero attached hydrogens (tertiary/aromatic N) is 2. The molecule has 3 aromatic carbocycles. The van der Waals surface area contributed by atoms with E-state index >= 15 is 0 Å². The van der Waals surface area contributed by atoms with Crippen LogP contribution < -0.4 is 9.47 Å². The van der Waals surface area contributed by atoms with Crippen LogP contribution in [0.2, 0.25) is 0 Å². The quantitative estimate of drug-likeness (QED) is 0.442. The van der Waals surface area contributed by atoms with E-state index in [1.54, 1.807) is 4.90 Å². The van der Waals surface area contributed by atoms with Crippen LogP contribution in [0.4, 0.5) is 0 Å². The summed E-state index contributed by atoms with van der Waals surface area (Å²) < 4.78 is 11.9. The Balaban J connectivity index is 1.61. The number of hydrogen-bond acceptors (Lipinski definition) is 4. The van der Waals surface area contributed by atoms with Gasteiger partial charge in [-0.15, -0.1) is 0 Å². The van der Waals surface area contributed by atoms with Crippen LogP contribution in [0.3, 0.4) is 0 Å². The normalized spacial score (nSPS) is 16.9. The van der Waals surface area contributed by atoms with Crippen LogP contribution >= 0.6 is 0 Å². The number of fused-ring (bicyclic) bond motifs is 1. The molecule has 0 fully saturated rings. The highest BCUT2D eigenvalue weighted by atomic mass is 16.5.